The number of aromatic nitrogens is 5. The molecule has 2 heterocycles. The summed E-state index contributed by atoms with van der Waals surface area (Å²) >= 11 is 1.66. The van der Waals surface area contributed by atoms with Crippen LogP contribution in [0.4, 0.5) is 5.95 Å². The quantitative estimate of drug-likeness (QED) is 0.787. The molecule has 0 amide bonds. The van der Waals surface area contributed by atoms with Gasteiger partial charge in [-0.15, -0.1) is 11.3 Å². The number of tetrazole rings is 1. The van der Waals surface area contributed by atoms with Gasteiger partial charge in [0.25, 0.3) is 0 Å². The molecule has 96 valence electrons. The van der Waals surface area contributed by atoms with Gasteiger partial charge in [0, 0.05) is 11.1 Å². The molecule has 3 rings (SSSR count). The molecule has 0 aliphatic rings. The average molecular weight is 272 g/mol. The van der Waals surface area contributed by atoms with Crippen LogP contribution in [0.3, 0.4) is 0 Å². The minimum absolute atomic E-state index is 0.622. The normalized spacial score (nSPS) is 10.6. The van der Waals surface area contributed by atoms with E-state index in [4.69, 9.17) is 0 Å². The maximum atomic E-state index is 4.22. The van der Waals surface area contributed by atoms with Gasteiger partial charge in [-0.25, -0.2) is 4.98 Å². The molecular formula is C12H12N6S. The van der Waals surface area contributed by atoms with Crippen molar-refractivity contribution in [2.24, 2.45) is 0 Å². The Balaban J connectivity index is 1.77. The van der Waals surface area contributed by atoms with E-state index >= 15 is 0 Å². The molecule has 1 N–H and O–H groups in total. The lowest BCUT2D eigenvalue weighted by Crippen LogP contribution is -2.06. The van der Waals surface area contributed by atoms with Crippen molar-refractivity contribution in [1.82, 2.24) is 25.2 Å². The zero-order chi connectivity index (χ0) is 13.1. The first-order chi connectivity index (χ1) is 9.33. The molecule has 1 aromatic carbocycles. The van der Waals surface area contributed by atoms with E-state index < -0.39 is 0 Å². The number of nitrogens with one attached hydrogen (secondary N) is 1. The summed E-state index contributed by atoms with van der Waals surface area (Å²) in [4.78, 5) is 5.37. The molecule has 2 aromatic heterocycles. The van der Waals surface area contributed by atoms with Gasteiger partial charge in [-0.05, 0) is 29.5 Å². The maximum absolute atomic E-state index is 4.22. The molecular weight excluding hydrogens is 260 g/mol. The maximum Gasteiger partial charge on any atom is 0.248 e. The number of anilines is 1. The number of thiazole rings is 1. The topological polar surface area (TPSA) is 68.5 Å². The molecule has 0 saturated heterocycles. The Bertz CT molecular complexity index is 660. The van der Waals surface area contributed by atoms with Crippen LogP contribution in [-0.2, 0) is 6.54 Å². The van der Waals surface area contributed by atoms with Crippen molar-refractivity contribution in [2.45, 2.75) is 13.5 Å². The van der Waals surface area contributed by atoms with E-state index in [1.54, 1.807) is 16.0 Å². The van der Waals surface area contributed by atoms with E-state index in [1.165, 1.54) is 0 Å². The summed E-state index contributed by atoms with van der Waals surface area (Å²) in [6.45, 7) is 2.65. The van der Waals surface area contributed by atoms with E-state index in [9.17, 15) is 0 Å². The van der Waals surface area contributed by atoms with Crippen LogP contribution >= 0.6 is 11.3 Å². The molecule has 6 nitrogen and oxygen atoms in total. The summed E-state index contributed by atoms with van der Waals surface area (Å²) in [6, 6.07) is 9.78. The van der Waals surface area contributed by atoms with Gasteiger partial charge < -0.3 is 5.32 Å². The number of hydrogen-bond donors (Lipinski definition) is 1. The SMILES string of the molecule is Cc1ncc(CNc2nnnn2-c2ccccc2)s1. The van der Waals surface area contributed by atoms with E-state index in [2.05, 4.69) is 25.8 Å². The van der Waals surface area contributed by atoms with Crippen molar-refractivity contribution in [2.75, 3.05) is 5.32 Å². The van der Waals surface area contributed by atoms with Crippen molar-refractivity contribution < 1.29 is 0 Å². The molecule has 7 heteroatoms. The first-order valence-corrected chi connectivity index (χ1v) is 6.63. The zero-order valence-electron chi connectivity index (χ0n) is 10.3. The Kier molecular flexibility index (Phi) is 3.20. The Morgan fingerprint density at radius 2 is 2.11 bits per heavy atom. The fraction of sp³-hybridized carbons (Fsp3) is 0.167. The number of hydrogen-bond acceptors (Lipinski definition) is 6. The zero-order valence-corrected chi connectivity index (χ0v) is 11.1. The Hall–Kier alpha value is -2.28. The smallest absolute Gasteiger partial charge is 0.248 e. The van der Waals surface area contributed by atoms with Crippen LogP contribution < -0.4 is 5.32 Å². The molecule has 0 aliphatic heterocycles. The third-order valence-electron chi connectivity index (χ3n) is 2.56. The molecule has 19 heavy (non-hydrogen) atoms. The molecule has 0 fully saturated rings. The summed E-state index contributed by atoms with van der Waals surface area (Å²) in [5.74, 6) is 0.622. The number of para-hydroxylation sites is 1. The predicted octanol–water partition coefficient (Wildman–Crippen LogP) is 2.04. The van der Waals surface area contributed by atoms with Gasteiger partial charge in [0.2, 0.25) is 5.95 Å². The fourth-order valence-electron chi connectivity index (χ4n) is 1.69. The summed E-state index contributed by atoms with van der Waals surface area (Å²) in [6.07, 6.45) is 1.86. The lowest BCUT2D eigenvalue weighted by molar-refractivity contribution is 0.789. The van der Waals surface area contributed by atoms with Gasteiger partial charge in [-0.1, -0.05) is 23.3 Å². The lowest BCUT2D eigenvalue weighted by Gasteiger charge is -2.05. The number of nitrogens with zero attached hydrogens (tertiary/aromatic N) is 5. The average Bonchev–Trinajstić information content (AvgIpc) is 3.06. The highest BCUT2D eigenvalue weighted by Gasteiger charge is 2.07. The van der Waals surface area contributed by atoms with Gasteiger partial charge in [0.1, 0.15) is 0 Å². The molecule has 0 spiro atoms. The summed E-state index contributed by atoms with van der Waals surface area (Å²) in [5, 5.41) is 16.0. The molecule has 3 aromatic rings. The molecule has 0 aliphatic carbocycles. The molecule has 0 radical (unpaired) electrons. The predicted molar refractivity (Wildman–Crippen MR) is 73.3 cm³/mol. The van der Waals surface area contributed by atoms with Crippen LogP contribution in [0, 0.1) is 6.92 Å². The van der Waals surface area contributed by atoms with Crippen molar-refractivity contribution in [1.29, 1.82) is 0 Å². The van der Waals surface area contributed by atoms with Crippen molar-refractivity contribution >= 4 is 17.3 Å². The Morgan fingerprint density at radius 3 is 2.84 bits per heavy atom. The highest BCUT2D eigenvalue weighted by Crippen LogP contribution is 2.15. The van der Waals surface area contributed by atoms with Crippen LogP contribution in [0.15, 0.2) is 36.5 Å². The Labute approximate surface area is 114 Å². The lowest BCUT2D eigenvalue weighted by atomic mass is 10.3. The highest BCUT2D eigenvalue weighted by molar-refractivity contribution is 7.11. The molecule has 0 atom stereocenters. The van der Waals surface area contributed by atoms with Crippen molar-refractivity contribution in [3.05, 3.63) is 46.4 Å². The summed E-state index contributed by atoms with van der Waals surface area (Å²) < 4.78 is 1.67. The minimum atomic E-state index is 0.622. The van der Waals surface area contributed by atoms with Crippen molar-refractivity contribution in [3.63, 3.8) is 0 Å². The number of aryl methyl sites for hydroxylation is 1. The molecule has 0 bridgehead atoms. The third-order valence-corrected chi connectivity index (χ3v) is 3.47. The van der Waals surface area contributed by atoms with E-state index in [-0.39, 0.29) is 0 Å². The first-order valence-electron chi connectivity index (χ1n) is 5.82. The van der Waals surface area contributed by atoms with Gasteiger partial charge in [0.05, 0.1) is 17.2 Å². The van der Waals surface area contributed by atoms with Crippen LogP contribution in [0.1, 0.15) is 9.88 Å². The monoisotopic (exact) mass is 272 g/mol. The van der Waals surface area contributed by atoms with E-state index in [0.29, 0.717) is 12.5 Å². The van der Waals surface area contributed by atoms with Crippen molar-refractivity contribution in [3.8, 4) is 5.69 Å². The Morgan fingerprint density at radius 1 is 1.26 bits per heavy atom. The van der Waals surface area contributed by atoms with Gasteiger partial charge >= 0.3 is 0 Å². The third kappa shape index (κ3) is 2.60. The second kappa shape index (κ2) is 5.15. The first kappa shape index (κ1) is 11.8. The highest BCUT2D eigenvalue weighted by atomic mass is 32.1. The number of rotatable bonds is 4. The second-order valence-corrected chi connectivity index (χ2v) is 5.27. The van der Waals surface area contributed by atoms with Gasteiger partial charge in [0.15, 0.2) is 0 Å². The van der Waals surface area contributed by atoms with Crippen LogP contribution in [0.5, 0.6) is 0 Å². The molecule has 0 saturated carbocycles. The van der Waals surface area contributed by atoms with E-state index in [1.807, 2.05) is 43.5 Å². The number of benzene rings is 1. The van der Waals surface area contributed by atoms with Crippen LogP contribution in [0.25, 0.3) is 5.69 Å². The minimum Gasteiger partial charge on any atom is -0.348 e. The summed E-state index contributed by atoms with van der Waals surface area (Å²) in [7, 11) is 0. The van der Waals surface area contributed by atoms with Gasteiger partial charge in [-0.2, -0.15) is 4.68 Å². The largest absolute Gasteiger partial charge is 0.348 e. The standard InChI is InChI=1S/C12H12N6S/c1-9-13-7-11(19-9)8-14-12-15-16-17-18(12)10-5-3-2-4-6-10/h2-7H,8H2,1H3,(H,14,15,17). The van der Waals surface area contributed by atoms with Gasteiger partial charge in [-0.3, -0.25) is 0 Å². The fourth-order valence-corrected chi connectivity index (χ4v) is 2.43. The van der Waals surface area contributed by atoms with E-state index in [0.717, 1.165) is 15.6 Å². The molecule has 0 unspecified atom stereocenters. The van der Waals surface area contributed by atoms with Crippen LogP contribution in [-0.4, -0.2) is 25.2 Å². The summed E-state index contributed by atoms with van der Waals surface area (Å²) in [5.41, 5.74) is 0.926. The van der Waals surface area contributed by atoms with Crippen LogP contribution in [0.2, 0.25) is 0 Å². The second-order valence-electron chi connectivity index (χ2n) is 3.95.